The maximum Gasteiger partial charge on any atom is 0.270 e. The zero-order valence-electron chi connectivity index (χ0n) is 14.6. The number of nitrogens with zero attached hydrogens (tertiary/aromatic N) is 3. The molecule has 0 aliphatic rings. The number of nitro benzene ring substituents is 1. The van der Waals surface area contributed by atoms with Crippen molar-refractivity contribution in [1.82, 2.24) is 4.98 Å². The zero-order chi connectivity index (χ0) is 19.2. The zero-order valence-corrected chi connectivity index (χ0v) is 15.4. The highest BCUT2D eigenvalue weighted by molar-refractivity contribution is 7.14. The van der Waals surface area contributed by atoms with Crippen LogP contribution in [0.4, 0.5) is 10.8 Å². The molecule has 138 valence electrons. The predicted octanol–water partition coefficient (Wildman–Crippen LogP) is 4.18. The first-order chi connectivity index (χ1) is 13.1. The van der Waals surface area contributed by atoms with Gasteiger partial charge in [-0.3, -0.25) is 15.5 Å². The highest BCUT2D eigenvalue weighted by Gasteiger charge is 2.10. The Kier molecular flexibility index (Phi) is 5.62. The molecule has 0 amide bonds. The van der Waals surface area contributed by atoms with Crippen LogP contribution in [0.5, 0.6) is 11.5 Å². The van der Waals surface area contributed by atoms with E-state index in [1.54, 1.807) is 38.6 Å². The molecule has 0 atom stereocenters. The van der Waals surface area contributed by atoms with Crippen molar-refractivity contribution in [3.63, 3.8) is 0 Å². The van der Waals surface area contributed by atoms with Gasteiger partial charge in [0.2, 0.25) is 5.13 Å². The molecule has 0 saturated heterocycles. The number of rotatable bonds is 7. The number of aromatic nitrogens is 1. The Morgan fingerprint density at radius 1 is 1.22 bits per heavy atom. The number of thiazole rings is 1. The van der Waals surface area contributed by atoms with E-state index >= 15 is 0 Å². The number of nitrogens with one attached hydrogen (secondary N) is 1. The maximum atomic E-state index is 10.9. The lowest BCUT2D eigenvalue weighted by atomic mass is 10.1. The van der Waals surface area contributed by atoms with Crippen LogP contribution in [-0.4, -0.2) is 30.3 Å². The molecule has 0 unspecified atom stereocenters. The molecule has 0 aliphatic carbocycles. The molecule has 3 rings (SSSR count). The summed E-state index contributed by atoms with van der Waals surface area (Å²) < 4.78 is 10.5. The van der Waals surface area contributed by atoms with Gasteiger partial charge in [-0.15, -0.1) is 11.3 Å². The number of hydrogen-bond donors (Lipinski definition) is 1. The van der Waals surface area contributed by atoms with Crippen molar-refractivity contribution in [2.45, 2.75) is 0 Å². The van der Waals surface area contributed by atoms with Crippen molar-refractivity contribution in [3.05, 3.63) is 63.5 Å². The molecule has 1 heterocycles. The minimum absolute atomic E-state index is 0.0274. The Labute approximate surface area is 159 Å². The van der Waals surface area contributed by atoms with Crippen LogP contribution in [0.3, 0.4) is 0 Å². The van der Waals surface area contributed by atoms with Gasteiger partial charge in [-0.05, 0) is 12.1 Å². The summed E-state index contributed by atoms with van der Waals surface area (Å²) in [5, 5.41) is 17.4. The molecule has 0 saturated carbocycles. The van der Waals surface area contributed by atoms with Crippen LogP contribution < -0.4 is 14.9 Å². The number of nitro groups is 1. The van der Waals surface area contributed by atoms with E-state index in [0.29, 0.717) is 27.9 Å². The van der Waals surface area contributed by atoms with Crippen LogP contribution in [-0.2, 0) is 0 Å². The van der Waals surface area contributed by atoms with Crippen LogP contribution in [0.2, 0.25) is 0 Å². The number of methoxy groups -OCH3 is 2. The van der Waals surface area contributed by atoms with Crippen molar-refractivity contribution in [1.29, 1.82) is 0 Å². The maximum absolute atomic E-state index is 10.9. The van der Waals surface area contributed by atoms with Gasteiger partial charge in [0.25, 0.3) is 5.69 Å². The van der Waals surface area contributed by atoms with Gasteiger partial charge in [0, 0.05) is 34.7 Å². The Bertz CT molecular complexity index is 987. The van der Waals surface area contributed by atoms with E-state index in [4.69, 9.17) is 9.47 Å². The molecule has 0 spiro atoms. The first kappa shape index (κ1) is 18.3. The quantitative estimate of drug-likeness (QED) is 0.373. The first-order valence-electron chi connectivity index (χ1n) is 7.82. The number of ether oxygens (including phenoxy) is 2. The van der Waals surface area contributed by atoms with Crippen LogP contribution in [0, 0.1) is 10.1 Å². The van der Waals surface area contributed by atoms with Crippen molar-refractivity contribution in [2.24, 2.45) is 5.10 Å². The number of benzene rings is 2. The SMILES string of the molecule is COc1ccc(/C=N/Nc2nc(-c3cccc([N+](=O)[O-])c3)cs2)c(OC)c1. The van der Waals surface area contributed by atoms with Crippen molar-refractivity contribution in [2.75, 3.05) is 19.6 Å². The molecule has 3 aromatic rings. The Morgan fingerprint density at radius 2 is 2.07 bits per heavy atom. The second-order valence-electron chi connectivity index (χ2n) is 5.32. The van der Waals surface area contributed by atoms with Gasteiger partial charge < -0.3 is 9.47 Å². The second-order valence-corrected chi connectivity index (χ2v) is 6.18. The fourth-order valence-corrected chi connectivity index (χ4v) is 2.99. The molecule has 0 aliphatic heterocycles. The summed E-state index contributed by atoms with van der Waals surface area (Å²) in [4.78, 5) is 14.9. The third-order valence-electron chi connectivity index (χ3n) is 3.66. The van der Waals surface area contributed by atoms with Crippen molar-refractivity contribution >= 4 is 28.4 Å². The number of hydrazone groups is 1. The fraction of sp³-hybridized carbons (Fsp3) is 0.111. The summed E-state index contributed by atoms with van der Waals surface area (Å²) in [6.07, 6.45) is 1.62. The van der Waals surface area contributed by atoms with Gasteiger partial charge in [-0.1, -0.05) is 12.1 Å². The molecule has 0 radical (unpaired) electrons. The largest absolute Gasteiger partial charge is 0.497 e. The lowest BCUT2D eigenvalue weighted by molar-refractivity contribution is -0.384. The topological polar surface area (TPSA) is 98.9 Å². The van der Waals surface area contributed by atoms with E-state index in [2.05, 4.69) is 15.5 Å². The molecule has 1 aromatic heterocycles. The lowest BCUT2D eigenvalue weighted by Gasteiger charge is -2.06. The van der Waals surface area contributed by atoms with E-state index < -0.39 is 4.92 Å². The summed E-state index contributed by atoms with van der Waals surface area (Å²) in [7, 11) is 3.16. The number of hydrogen-bond acceptors (Lipinski definition) is 8. The fourth-order valence-electron chi connectivity index (χ4n) is 2.32. The molecular weight excluding hydrogens is 368 g/mol. The van der Waals surface area contributed by atoms with E-state index in [0.717, 1.165) is 5.56 Å². The van der Waals surface area contributed by atoms with E-state index in [-0.39, 0.29) is 5.69 Å². The summed E-state index contributed by atoms with van der Waals surface area (Å²) in [6, 6.07) is 11.8. The van der Waals surface area contributed by atoms with Crippen molar-refractivity contribution in [3.8, 4) is 22.8 Å². The summed E-state index contributed by atoms with van der Waals surface area (Å²) in [5.74, 6) is 1.33. The first-order valence-corrected chi connectivity index (χ1v) is 8.70. The van der Waals surface area contributed by atoms with Gasteiger partial charge >= 0.3 is 0 Å². The third-order valence-corrected chi connectivity index (χ3v) is 4.41. The average molecular weight is 384 g/mol. The molecule has 27 heavy (non-hydrogen) atoms. The number of non-ortho nitro benzene ring substituents is 1. The van der Waals surface area contributed by atoms with E-state index in [9.17, 15) is 10.1 Å². The Morgan fingerprint density at radius 3 is 2.81 bits per heavy atom. The normalized spacial score (nSPS) is 10.7. The van der Waals surface area contributed by atoms with Gasteiger partial charge in [0.05, 0.1) is 31.1 Å². The van der Waals surface area contributed by atoms with Gasteiger partial charge in [-0.25, -0.2) is 4.98 Å². The monoisotopic (exact) mass is 384 g/mol. The third kappa shape index (κ3) is 4.39. The average Bonchev–Trinajstić information content (AvgIpc) is 3.17. The van der Waals surface area contributed by atoms with E-state index in [1.165, 1.54) is 23.5 Å². The lowest BCUT2D eigenvalue weighted by Crippen LogP contribution is -1.95. The van der Waals surface area contributed by atoms with Crippen LogP contribution in [0.15, 0.2) is 52.9 Å². The minimum Gasteiger partial charge on any atom is -0.497 e. The highest BCUT2D eigenvalue weighted by Crippen LogP contribution is 2.27. The number of anilines is 1. The molecule has 0 fully saturated rings. The molecular formula is C18H16N4O4S. The van der Waals surface area contributed by atoms with Crippen LogP contribution >= 0.6 is 11.3 Å². The van der Waals surface area contributed by atoms with Crippen molar-refractivity contribution < 1.29 is 14.4 Å². The standard InChI is InChI=1S/C18H16N4O4S/c1-25-15-7-6-13(17(9-15)26-2)10-19-21-18-20-16(11-27-18)12-4-3-5-14(8-12)22(23)24/h3-11H,1-2H3,(H,20,21)/b19-10+. The summed E-state index contributed by atoms with van der Waals surface area (Å²) in [6.45, 7) is 0. The summed E-state index contributed by atoms with van der Waals surface area (Å²) in [5.41, 5.74) is 4.98. The molecule has 2 aromatic carbocycles. The van der Waals surface area contributed by atoms with Crippen LogP contribution in [0.25, 0.3) is 11.3 Å². The molecule has 0 bridgehead atoms. The molecule has 1 N–H and O–H groups in total. The van der Waals surface area contributed by atoms with Gasteiger partial charge in [0.15, 0.2) is 0 Å². The van der Waals surface area contributed by atoms with Gasteiger partial charge in [-0.2, -0.15) is 5.10 Å². The molecule has 8 nitrogen and oxygen atoms in total. The van der Waals surface area contributed by atoms with E-state index in [1.807, 2.05) is 17.5 Å². The Balaban J connectivity index is 1.72. The summed E-state index contributed by atoms with van der Waals surface area (Å²) >= 11 is 1.35. The highest BCUT2D eigenvalue weighted by atomic mass is 32.1. The second kappa shape index (κ2) is 8.28. The van der Waals surface area contributed by atoms with Gasteiger partial charge in [0.1, 0.15) is 11.5 Å². The smallest absolute Gasteiger partial charge is 0.270 e. The predicted molar refractivity (Wildman–Crippen MR) is 105 cm³/mol. The minimum atomic E-state index is -0.429. The Hall–Kier alpha value is -3.46. The van der Waals surface area contributed by atoms with Crippen LogP contribution in [0.1, 0.15) is 5.56 Å². The molecule has 9 heteroatoms.